The van der Waals surface area contributed by atoms with Gasteiger partial charge < -0.3 is 14.4 Å². The number of hydrogen-bond donors (Lipinski definition) is 1. The van der Waals surface area contributed by atoms with Crippen molar-refractivity contribution >= 4 is 11.9 Å². The first-order valence-corrected chi connectivity index (χ1v) is 7.40. The van der Waals surface area contributed by atoms with Crippen LogP contribution >= 0.6 is 0 Å². The molecule has 1 atom stereocenters. The van der Waals surface area contributed by atoms with Gasteiger partial charge in [-0.1, -0.05) is 13.8 Å². The monoisotopic (exact) mass is 293 g/mol. The van der Waals surface area contributed by atoms with Crippen LogP contribution in [-0.2, 0) is 16.1 Å². The minimum Gasteiger partial charge on any atom is -0.481 e. The van der Waals surface area contributed by atoms with Crippen molar-refractivity contribution in [3.8, 4) is 0 Å². The lowest BCUT2D eigenvalue weighted by atomic mass is 9.76. The summed E-state index contributed by atoms with van der Waals surface area (Å²) < 4.78 is 5.31. The largest absolute Gasteiger partial charge is 0.481 e. The molecule has 5 heteroatoms. The SMILES string of the molecule is CC(C)C(C)(CC(=O)N(Cc1ccco1)C1CC1)C(=O)O. The lowest BCUT2D eigenvalue weighted by Gasteiger charge is -2.31. The number of hydrogen-bond acceptors (Lipinski definition) is 3. The van der Waals surface area contributed by atoms with Crippen molar-refractivity contribution in [3.63, 3.8) is 0 Å². The van der Waals surface area contributed by atoms with Crippen LogP contribution in [0.25, 0.3) is 0 Å². The highest BCUT2D eigenvalue weighted by Crippen LogP contribution is 2.35. The van der Waals surface area contributed by atoms with Gasteiger partial charge >= 0.3 is 5.97 Å². The first-order chi connectivity index (χ1) is 9.84. The predicted molar refractivity (Wildman–Crippen MR) is 77.5 cm³/mol. The van der Waals surface area contributed by atoms with Gasteiger partial charge in [-0.15, -0.1) is 0 Å². The smallest absolute Gasteiger partial charge is 0.310 e. The fourth-order valence-electron chi connectivity index (χ4n) is 2.32. The third-order valence-corrected chi connectivity index (χ3v) is 4.50. The van der Waals surface area contributed by atoms with Gasteiger partial charge in [0.25, 0.3) is 0 Å². The third-order valence-electron chi connectivity index (χ3n) is 4.50. The lowest BCUT2D eigenvalue weighted by molar-refractivity contribution is -0.155. The van der Waals surface area contributed by atoms with Crippen molar-refractivity contribution < 1.29 is 19.1 Å². The van der Waals surface area contributed by atoms with Crippen LogP contribution in [0.2, 0.25) is 0 Å². The highest BCUT2D eigenvalue weighted by Gasteiger charge is 2.42. The van der Waals surface area contributed by atoms with Gasteiger partial charge in [0.2, 0.25) is 5.91 Å². The fourth-order valence-corrected chi connectivity index (χ4v) is 2.32. The van der Waals surface area contributed by atoms with Crippen LogP contribution in [0.1, 0.15) is 45.8 Å². The van der Waals surface area contributed by atoms with Crippen LogP contribution in [0.3, 0.4) is 0 Å². The standard InChI is InChI=1S/C16H23NO4/c1-11(2)16(3,15(19)20)9-14(18)17(12-6-7-12)10-13-5-4-8-21-13/h4-5,8,11-12H,6-7,9-10H2,1-3H3,(H,19,20). The summed E-state index contributed by atoms with van der Waals surface area (Å²) in [4.78, 5) is 25.9. The molecule has 0 aromatic carbocycles. The predicted octanol–water partition coefficient (Wildman–Crippen LogP) is 2.91. The Morgan fingerprint density at radius 1 is 1.48 bits per heavy atom. The number of carboxylic acid groups (broad SMARTS) is 1. The number of carboxylic acids is 1. The second kappa shape index (κ2) is 5.92. The Hall–Kier alpha value is -1.78. The van der Waals surface area contributed by atoms with E-state index < -0.39 is 11.4 Å². The van der Waals surface area contributed by atoms with Crippen molar-refractivity contribution in [3.05, 3.63) is 24.2 Å². The van der Waals surface area contributed by atoms with Crippen LogP contribution in [0.15, 0.2) is 22.8 Å². The van der Waals surface area contributed by atoms with Gasteiger partial charge in [-0.05, 0) is 37.8 Å². The summed E-state index contributed by atoms with van der Waals surface area (Å²) in [7, 11) is 0. The van der Waals surface area contributed by atoms with Crippen LogP contribution in [-0.4, -0.2) is 27.9 Å². The topological polar surface area (TPSA) is 70.8 Å². The van der Waals surface area contributed by atoms with Crippen molar-refractivity contribution in [2.24, 2.45) is 11.3 Å². The molecule has 1 aromatic heterocycles. The van der Waals surface area contributed by atoms with Gasteiger partial charge in [-0.25, -0.2) is 0 Å². The van der Waals surface area contributed by atoms with Gasteiger partial charge in [-0.3, -0.25) is 9.59 Å². The molecule has 1 aromatic rings. The summed E-state index contributed by atoms with van der Waals surface area (Å²) in [5.41, 5.74) is -1.03. The van der Waals surface area contributed by atoms with E-state index in [9.17, 15) is 14.7 Å². The van der Waals surface area contributed by atoms with Crippen LogP contribution in [0.5, 0.6) is 0 Å². The number of rotatable bonds is 7. The summed E-state index contributed by atoms with van der Waals surface area (Å²) in [5, 5.41) is 9.46. The molecule has 1 saturated carbocycles. The van der Waals surface area contributed by atoms with E-state index >= 15 is 0 Å². The number of aliphatic carboxylic acids is 1. The summed E-state index contributed by atoms with van der Waals surface area (Å²) >= 11 is 0. The zero-order valence-electron chi connectivity index (χ0n) is 12.8. The summed E-state index contributed by atoms with van der Waals surface area (Å²) in [6.07, 6.45) is 3.58. The highest BCUT2D eigenvalue weighted by atomic mass is 16.4. The fraction of sp³-hybridized carbons (Fsp3) is 0.625. The van der Waals surface area contributed by atoms with Crippen LogP contribution in [0.4, 0.5) is 0 Å². The molecule has 2 rings (SSSR count). The Morgan fingerprint density at radius 3 is 2.57 bits per heavy atom. The number of furan rings is 1. The van der Waals surface area contributed by atoms with E-state index in [1.165, 1.54) is 0 Å². The molecular weight excluding hydrogens is 270 g/mol. The lowest BCUT2D eigenvalue weighted by Crippen LogP contribution is -2.41. The molecule has 0 aliphatic heterocycles. The van der Waals surface area contributed by atoms with E-state index in [4.69, 9.17) is 4.42 Å². The second-order valence-electron chi connectivity index (χ2n) is 6.39. The minimum absolute atomic E-state index is 0.0250. The van der Waals surface area contributed by atoms with E-state index in [-0.39, 0.29) is 24.3 Å². The van der Waals surface area contributed by atoms with Crippen molar-refractivity contribution in [2.45, 2.75) is 52.6 Å². The molecule has 21 heavy (non-hydrogen) atoms. The first kappa shape index (κ1) is 15.6. The molecule has 1 heterocycles. The molecule has 0 saturated heterocycles. The maximum absolute atomic E-state index is 12.6. The van der Waals surface area contributed by atoms with Crippen LogP contribution in [0, 0.1) is 11.3 Å². The molecule has 5 nitrogen and oxygen atoms in total. The molecule has 1 fully saturated rings. The van der Waals surface area contributed by atoms with E-state index in [0.717, 1.165) is 18.6 Å². The second-order valence-corrected chi connectivity index (χ2v) is 6.39. The third kappa shape index (κ3) is 3.46. The van der Waals surface area contributed by atoms with Gasteiger partial charge in [0, 0.05) is 12.5 Å². The zero-order chi connectivity index (χ0) is 15.6. The molecule has 1 N–H and O–H groups in total. The zero-order valence-corrected chi connectivity index (χ0v) is 12.8. The molecule has 1 amide bonds. The molecule has 0 spiro atoms. The van der Waals surface area contributed by atoms with E-state index in [1.54, 1.807) is 24.2 Å². The molecular formula is C16H23NO4. The molecule has 1 aliphatic rings. The molecule has 0 radical (unpaired) electrons. The number of carbonyl (C=O) groups is 2. The summed E-state index contributed by atoms with van der Waals surface area (Å²) in [5.74, 6) is -0.396. The Bertz CT molecular complexity index is 504. The first-order valence-electron chi connectivity index (χ1n) is 7.40. The molecule has 1 unspecified atom stereocenters. The van der Waals surface area contributed by atoms with E-state index in [0.29, 0.717) is 6.54 Å². The Kier molecular flexibility index (Phi) is 4.40. The van der Waals surface area contributed by atoms with Gasteiger partial charge in [0.05, 0.1) is 18.2 Å². The quantitative estimate of drug-likeness (QED) is 0.839. The molecule has 0 bridgehead atoms. The highest BCUT2D eigenvalue weighted by molar-refractivity contribution is 5.85. The van der Waals surface area contributed by atoms with Crippen molar-refractivity contribution in [2.75, 3.05) is 0 Å². The van der Waals surface area contributed by atoms with Gasteiger partial charge in [-0.2, -0.15) is 0 Å². The Morgan fingerprint density at radius 2 is 2.14 bits per heavy atom. The minimum atomic E-state index is -1.03. The molecule has 116 valence electrons. The van der Waals surface area contributed by atoms with E-state index in [2.05, 4.69) is 0 Å². The van der Waals surface area contributed by atoms with Crippen molar-refractivity contribution in [1.29, 1.82) is 0 Å². The van der Waals surface area contributed by atoms with Gasteiger partial charge in [0.1, 0.15) is 5.76 Å². The maximum Gasteiger partial charge on any atom is 0.310 e. The average Bonchev–Trinajstić information content (AvgIpc) is 3.11. The number of carbonyl (C=O) groups excluding carboxylic acids is 1. The summed E-state index contributed by atoms with van der Waals surface area (Å²) in [6.45, 7) is 5.75. The maximum atomic E-state index is 12.6. The number of amides is 1. The average molecular weight is 293 g/mol. The van der Waals surface area contributed by atoms with Crippen LogP contribution < -0.4 is 0 Å². The summed E-state index contributed by atoms with van der Waals surface area (Å²) in [6, 6.07) is 3.86. The van der Waals surface area contributed by atoms with Gasteiger partial charge in [0.15, 0.2) is 0 Å². The molecule has 1 aliphatic carbocycles. The Balaban J connectivity index is 2.10. The Labute approximate surface area is 124 Å². The number of nitrogens with zero attached hydrogens (tertiary/aromatic N) is 1. The van der Waals surface area contributed by atoms with E-state index in [1.807, 2.05) is 19.9 Å². The van der Waals surface area contributed by atoms with Crippen molar-refractivity contribution in [1.82, 2.24) is 4.90 Å². The normalized spacial score (nSPS) is 17.5.